The molecule has 2 aromatic rings. The van der Waals surface area contributed by atoms with Crippen LogP contribution in [0.5, 0.6) is 23.0 Å². The third-order valence-electron chi connectivity index (χ3n) is 4.72. The molecule has 0 aliphatic carbocycles. The summed E-state index contributed by atoms with van der Waals surface area (Å²) in [6.07, 6.45) is 0. The average Bonchev–Trinajstić information content (AvgIpc) is 2.71. The fraction of sp³-hybridized carbons (Fsp3) is 0.478. The second-order valence-corrected chi connectivity index (χ2v) is 19.5. The maximum atomic E-state index is 6.09. The molecule has 31 heavy (non-hydrogen) atoms. The Hall–Kier alpha value is -1.79. The molecule has 172 valence electrons. The maximum absolute atomic E-state index is 6.09. The van der Waals surface area contributed by atoms with Crippen LogP contribution in [-0.4, -0.2) is 49.8 Å². The van der Waals surface area contributed by atoms with Crippen molar-refractivity contribution in [3.63, 3.8) is 0 Å². The SMILES string of the molecule is COCOc1c(C)cc(OC)cc1P(c1cc(OC)cc(C)c1OCOC)[Si](C)(C)C. The number of methoxy groups -OCH3 is 4. The van der Waals surface area contributed by atoms with Crippen LogP contribution in [0.25, 0.3) is 0 Å². The number of ether oxygens (including phenoxy) is 6. The van der Waals surface area contributed by atoms with Crippen molar-refractivity contribution < 1.29 is 28.4 Å². The molecule has 8 heteroatoms. The second kappa shape index (κ2) is 11.2. The van der Waals surface area contributed by atoms with Crippen LogP contribution in [0, 0.1) is 13.8 Å². The average molecular weight is 467 g/mol. The van der Waals surface area contributed by atoms with Crippen LogP contribution < -0.4 is 29.6 Å². The van der Waals surface area contributed by atoms with E-state index < -0.39 is 15.2 Å². The van der Waals surface area contributed by atoms with Crippen LogP contribution in [0.2, 0.25) is 19.6 Å². The molecule has 0 N–H and O–H groups in total. The van der Waals surface area contributed by atoms with Crippen LogP contribution in [0.3, 0.4) is 0 Å². The smallest absolute Gasteiger partial charge is 0.188 e. The summed E-state index contributed by atoms with van der Waals surface area (Å²) in [7, 11) is 3.99. The summed E-state index contributed by atoms with van der Waals surface area (Å²) in [5.74, 6) is 3.30. The highest BCUT2D eigenvalue weighted by molar-refractivity contribution is 8.04. The molecule has 0 amide bonds. The molecule has 0 saturated heterocycles. The van der Waals surface area contributed by atoms with E-state index in [1.807, 2.05) is 26.0 Å². The van der Waals surface area contributed by atoms with Gasteiger partial charge in [0.2, 0.25) is 0 Å². The highest BCUT2D eigenvalue weighted by atomic mass is 31.4. The molecule has 0 unspecified atom stereocenters. The zero-order chi connectivity index (χ0) is 23.2. The molecule has 0 aliphatic rings. The van der Waals surface area contributed by atoms with Crippen LogP contribution in [0.1, 0.15) is 11.1 Å². The minimum Gasteiger partial charge on any atom is -0.497 e. The van der Waals surface area contributed by atoms with Gasteiger partial charge in [0, 0.05) is 24.8 Å². The molecule has 6 nitrogen and oxygen atoms in total. The number of rotatable bonds is 11. The Labute approximate surface area is 188 Å². The van der Waals surface area contributed by atoms with Gasteiger partial charge in [0.25, 0.3) is 0 Å². The third-order valence-corrected chi connectivity index (χ3v) is 13.2. The third kappa shape index (κ3) is 6.13. The first-order valence-electron chi connectivity index (χ1n) is 10.1. The van der Waals surface area contributed by atoms with Crippen molar-refractivity contribution in [2.75, 3.05) is 42.0 Å². The summed E-state index contributed by atoms with van der Waals surface area (Å²) >= 11 is 0. The molecule has 0 aromatic heterocycles. The second-order valence-electron chi connectivity index (χ2n) is 8.19. The van der Waals surface area contributed by atoms with Gasteiger partial charge < -0.3 is 28.4 Å². The molecular formula is C23H35O6PSi. The zero-order valence-electron chi connectivity index (χ0n) is 20.1. The van der Waals surface area contributed by atoms with Crippen LogP contribution in [0.4, 0.5) is 0 Å². The van der Waals surface area contributed by atoms with Gasteiger partial charge in [-0.1, -0.05) is 19.6 Å². The Morgan fingerprint density at radius 2 is 1.06 bits per heavy atom. The quantitative estimate of drug-likeness (QED) is 0.275. The van der Waals surface area contributed by atoms with Crippen molar-refractivity contribution >= 4 is 25.8 Å². The first kappa shape index (κ1) is 25.5. The Kier molecular flexibility index (Phi) is 9.19. The van der Waals surface area contributed by atoms with Gasteiger partial charge >= 0.3 is 0 Å². The summed E-state index contributed by atoms with van der Waals surface area (Å²) < 4.78 is 33.9. The first-order valence-corrected chi connectivity index (χ1v) is 15.8. The van der Waals surface area contributed by atoms with Crippen molar-refractivity contribution in [1.82, 2.24) is 0 Å². The number of hydrogen-bond acceptors (Lipinski definition) is 6. The van der Waals surface area contributed by atoms with Crippen LogP contribution in [-0.2, 0) is 9.47 Å². The molecule has 0 atom stereocenters. The van der Waals surface area contributed by atoms with E-state index in [0.29, 0.717) is 0 Å². The molecular weight excluding hydrogens is 431 g/mol. The number of aryl methyl sites for hydroxylation is 2. The minimum absolute atomic E-state index is 0.180. The summed E-state index contributed by atoms with van der Waals surface area (Å²) in [4.78, 5) is 0. The number of hydrogen-bond donors (Lipinski definition) is 0. The lowest BCUT2D eigenvalue weighted by Gasteiger charge is -2.34. The van der Waals surface area contributed by atoms with Crippen molar-refractivity contribution in [1.29, 1.82) is 0 Å². The molecule has 0 saturated carbocycles. The predicted octanol–water partition coefficient (Wildman–Crippen LogP) is 4.55. The standard InChI is InChI=1S/C23H35O6PSi/c1-16-10-18(26-5)12-20(22(16)28-14-24-3)30(31(7,8)9)21-13-19(27-6)11-17(2)23(21)29-15-25-4/h10-13H,14-15H2,1-9H3. The van der Waals surface area contributed by atoms with Gasteiger partial charge in [-0.25, -0.2) is 0 Å². The first-order chi connectivity index (χ1) is 14.7. The lowest BCUT2D eigenvalue weighted by molar-refractivity contribution is 0.0513. The molecule has 0 bridgehead atoms. The Balaban J connectivity index is 2.84. The van der Waals surface area contributed by atoms with Gasteiger partial charge in [-0.15, -0.1) is 0 Å². The summed E-state index contributed by atoms with van der Waals surface area (Å²) in [5.41, 5.74) is 2.02. The van der Waals surface area contributed by atoms with E-state index in [1.54, 1.807) is 28.4 Å². The van der Waals surface area contributed by atoms with E-state index in [4.69, 9.17) is 28.4 Å². The van der Waals surface area contributed by atoms with E-state index >= 15 is 0 Å². The van der Waals surface area contributed by atoms with Crippen molar-refractivity contribution in [3.05, 3.63) is 35.4 Å². The highest BCUT2D eigenvalue weighted by Gasteiger charge is 2.35. The van der Waals surface area contributed by atoms with Gasteiger partial charge in [0.1, 0.15) is 23.0 Å². The molecule has 0 radical (unpaired) electrons. The Bertz CT molecular complexity index is 816. The van der Waals surface area contributed by atoms with E-state index in [-0.39, 0.29) is 13.6 Å². The fourth-order valence-corrected chi connectivity index (χ4v) is 11.9. The molecule has 2 rings (SSSR count). The van der Waals surface area contributed by atoms with Crippen LogP contribution in [0.15, 0.2) is 24.3 Å². The van der Waals surface area contributed by atoms with Gasteiger partial charge in [-0.05, 0) is 56.7 Å². The molecule has 0 fully saturated rings. The lowest BCUT2D eigenvalue weighted by Crippen LogP contribution is -2.33. The lowest BCUT2D eigenvalue weighted by atomic mass is 10.2. The monoisotopic (exact) mass is 466 g/mol. The van der Waals surface area contributed by atoms with Gasteiger partial charge in [0.05, 0.1) is 22.0 Å². The molecule has 0 heterocycles. The fourth-order valence-electron chi connectivity index (χ4n) is 3.48. The Morgan fingerprint density at radius 3 is 1.35 bits per heavy atom. The van der Waals surface area contributed by atoms with Gasteiger partial charge in [-0.3, -0.25) is 0 Å². The largest absolute Gasteiger partial charge is 0.497 e. The summed E-state index contributed by atoms with van der Waals surface area (Å²) in [6, 6.07) is 8.17. The normalized spacial score (nSPS) is 11.5. The summed E-state index contributed by atoms with van der Waals surface area (Å²) in [5, 5.41) is 2.25. The summed E-state index contributed by atoms with van der Waals surface area (Å²) in [6.45, 7) is 11.5. The van der Waals surface area contributed by atoms with Gasteiger partial charge in [-0.2, -0.15) is 0 Å². The highest BCUT2D eigenvalue weighted by Crippen LogP contribution is 2.51. The zero-order valence-corrected chi connectivity index (χ0v) is 22.0. The van der Waals surface area contributed by atoms with Gasteiger partial charge in [0.15, 0.2) is 13.6 Å². The van der Waals surface area contributed by atoms with E-state index in [9.17, 15) is 0 Å². The molecule has 0 spiro atoms. The van der Waals surface area contributed by atoms with Crippen molar-refractivity contribution in [2.24, 2.45) is 0 Å². The van der Waals surface area contributed by atoms with E-state index in [0.717, 1.165) is 44.7 Å². The molecule has 2 aromatic carbocycles. The van der Waals surface area contributed by atoms with E-state index in [2.05, 4.69) is 31.8 Å². The Morgan fingerprint density at radius 1 is 0.677 bits per heavy atom. The minimum atomic E-state index is -1.81. The van der Waals surface area contributed by atoms with E-state index in [1.165, 1.54) is 0 Å². The topological polar surface area (TPSA) is 55.4 Å². The predicted molar refractivity (Wildman–Crippen MR) is 130 cm³/mol. The maximum Gasteiger partial charge on any atom is 0.188 e. The molecule has 0 aliphatic heterocycles. The van der Waals surface area contributed by atoms with Crippen LogP contribution >= 0.6 is 7.47 Å². The van der Waals surface area contributed by atoms with Crippen molar-refractivity contribution in [3.8, 4) is 23.0 Å². The van der Waals surface area contributed by atoms with Crippen molar-refractivity contribution in [2.45, 2.75) is 33.5 Å². The number of benzene rings is 2.